The van der Waals surface area contributed by atoms with Crippen molar-refractivity contribution in [2.24, 2.45) is 0 Å². The lowest BCUT2D eigenvalue weighted by Gasteiger charge is -2.09. The Morgan fingerprint density at radius 2 is 1.79 bits per heavy atom. The monoisotopic (exact) mass is 462 g/mol. The van der Waals surface area contributed by atoms with Crippen LogP contribution in [0.5, 0.6) is 11.5 Å². The second-order valence-corrected chi connectivity index (χ2v) is 6.55. The molecule has 3 aromatic rings. The molecule has 0 spiro atoms. The number of carbonyl (C=O) groups is 1. The third-order valence-corrected chi connectivity index (χ3v) is 4.61. The summed E-state index contributed by atoms with van der Waals surface area (Å²) in [5.74, 6) is -0.864. The molecule has 1 N–H and O–H groups in total. The van der Waals surface area contributed by atoms with Crippen LogP contribution in [0.4, 0.5) is 14.6 Å². The topological polar surface area (TPSA) is 60.5 Å². The first-order chi connectivity index (χ1) is 14.0. The Kier molecular flexibility index (Phi) is 6.43. The number of hydrogen-bond acceptors (Lipinski definition) is 4. The van der Waals surface area contributed by atoms with Crippen LogP contribution in [-0.2, 0) is 0 Å². The standard InChI is InChI=1S/C19H11BrF2N2O3.C2H6/c20-14-7-17-16(26-9-27-17)6-13(14)10-1-4-18(23-8-10)24-19(25)12-3-2-11(21)5-15(12)22;1-2/h1-8H,9H2,(H,23,24,25);1-2H3. The van der Waals surface area contributed by atoms with Gasteiger partial charge in [0.05, 0.1) is 5.56 Å². The highest BCUT2D eigenvalue weighted by Crippen LogP contribution is 2.40. The normalized spacial score (nSPS) is 11.5. The Morgan fingerprint density at radius 3 is 2.45 bits per heavy atom. The Labute approximate surface area is 174 Å². The molecule has 150 valence electrons. The van der Waals surface area contributed by atoms with Gasteiger partial charge in [-0.1, -0.05) is 29.8 Å². The maximum atomic E-state index is 13.7. The van der Waals surface area contributed by atoms with Gasteiger partial charge in [-0.25, -0.2) is 13.8 Å². The number of carbonyl (C=O) groups excluding carboxylic acids is 1. The van der Waals surface area contributed by atoms with Gasteiger partial charge in [0.1, 0.15) is 17.5 Å². The first-order valence-electron chi connectivity index (χ1n) is 8.83. The van der Waals surface area contributed by atoms with E-state index in [9.17, 15) is 13.6 Å². The minimum atomic E-state index is -0.937. The van der Waals surface area contributed by atoms with E-state index in [-0.39, 0.29) is 18.2 Å². The molecule has 0 atom stereocenters. The summed E-state index contributed by atoms with van der Waals surface area (Å²) in [6, 6.07) is 9.74. The Hall–Kier alpha value is -3.00. The maximum absolute atomic E-state index is 13.7. The molecule has 0 saturated carbocycles. The zero-order chi connectivity index (χ0) is 21.0. The van der Waals surface area contributed by atoms with Crippen LogP contribution >= 0.6 is 15.9 Å². The van der Waals surface area contributed by atoms with Gasteiger partial charge < -0.3 is 14.8 Å². The third-order valence-electron chi connectivity index (χ3n) is 3.95. The zero-order valence-corrected chi connectivity index (χ0v) is 17.2. The fraction of sp³-hybridized carbons (Fsp3) is 0.143. The third kappa shape index (κ3) is 4.54. The fourth-order valence-corrected chi connectivity index (χ4v) is 3.17. The smallest absolute Gasteiger partial charge is 0.259 e. The van der Waals surface area contributed by atoms with E-state index in [2.05, 4.69) is 26.2 Å². The average Bonchev–Trinajstić information content (AvgIpc) is 3.16. The lowest BCUT2D eigenvalue weighted by atomic mass is 10.1. The van der Waals surface area contributed by atoms with E-state index in [1.165, 1.54) is 0 Å². The van der Waals surface area contributed by atoms with E-state index >= 15 is 0 Å². The summed E-state index contributed by atoms with van der Waals surface area (Å²) in [5.41, 5.74) is 1.36. The van der Waals surface area contributed by atoms with Gasteiger partial charge in [0.15, 0.2) is 11.5 Å². The second-order valence-electron chi connectivity index (χ2n) is 5.70. The summed E-state index contributed by atoms with van der Waals surface area (Å²) in [6.45, 7) is 4.17. The lowest BCUT2D eigenvalue weighted by molar-refractivity contribution is 0.102. The number of nitrogens with one attached hydrogen (secondary N) is 1. The molecule has 1 aliphatic heterocycles. The quantitative estimate of drug-likeness (QED) is 0.534. The van der Waals surface area contributed by atoms with Crippen molar-refractivity contribution in [2.45, 2.75) is 13.8 Å². The van der Waals surface area contributed by atoms with E-state index in [4.69, 9.17) is 9.47 Å². The number of amides is 1. The average molecular weight is 463 g/mol. The molecule has 0 bridgehead atoms. The molecule has 1 aliphatic rings. The van der Waals surface area contributed by atoms with E-state index in [0.29, 0.717) is 17.6 Å². The van der Waals surface area contributed by atoms with Crippen molar-refractivity contribution in [1.82, 2.24) is 4.98 Å². The van der Waals surface area contributed by atoms with Crippen LogP contribution in [0.1, 0.15) is 24.2 Å². The van der Waals surface area contributed by atoms with Gasteiger partial charge in [0, 0.05) is 27.9 Å². The largest absolute Gasteiger partial charge is 0.454 e. The molecule has 0 saturated heterocycles. The second kappa shape index (κ2) is 9.00. The number of benzene rings is 2. The van der Waals surface area contributed by atoms with Crippen LogP contribution in [0.15, 0.2) is 53.1 Å². The van der Waals surface area contributed by atoms with Crippen LogP contribution < -0.4 is 14.8 Å². The van der Waals surface area contributed by atoms with Crippen molar-refractivity contribution in [2.75, 3.05) is 12.1 Å². The Balaban J connectivity index is 0.00000117. The number of nitrogens with zero attached hydrogens (tertiary/aromatic N) is 1. The number of anilines is 1. The van der Waals surface area contributed by atoms with Crippen molar-refractivity contribution in [3.63, 3.8) is 0 Å². The minimum Gasteiger partial charge on any atom is -0.454 e. The molecule has 29 heavy (non-hydrogen) atoms. The van der Waals surface area contributed by atoms with Gasteiger partial charge in [0.2, 0.25) is 6.79 Å². The SMILES string of the molecule is CC.O=C(Nc1ccc(-c2cc3c(cc2Br)OCO3)cn1)c1ccc(F)cc1F. The molecule has 0 unspecified atom stereocenters. The number of halogens is 3. The zero-order valence-electron chi connectivity index (χ0n) is 15.6. The summed E-state index contributed by atoms with van der Waals surface area (Å²) in [5, 5.41) is 2.48. The molecule has 0 fully saturated rings. The van der Waals surface area contributed by atoms with Gasteiger partial charge in [-0.15, -0.1) is 0 Å². The van der Waals surface area contributed by atoms with Gasteiger partial charge in [0.25, 0.3) is 5.91 Å². The first-order valence-corrected chi connectivity index (χ1v) is 9.62. The van der Waals surface area contributed by atoms with E-state index in [0.717, 1.165) is 27.7 Å². The Bertz CT molecular complexity index is 1040. The predicted octanol–water partition coefficient (Wildman–Crippen LogP) is 5.80. The molecule has 2 aromatic carbocycles. The molecular formula is C21H17BrF2N2O3. The summed E-state index contributed by atoms with van der Waals surface area (Å²) >= 11 is 3.48. The molecule has 8 heteroatoms. The Morgan fingerprint density at radius 1 is 1.07 bits per heavy atom. The predicted molar refractivity (Wildman–Crippen MR) is 109 cm³/mol. The molecule has 5 nitrogen and oxygen atoms in total. The van der Waals surface area contributed by atoms with Crippen LogP contribution in [0.2, 0.25) is 0 Å². The van der Waals surface area contributed by atoms with E-state index < -0.39 is 17.5 Å². The van der Waals surface area contributed by atoms with Gasteiger partial charge in [-0.2, -0.15) is 0 Å². The highest BCUT2D eigenvalue weighted by atomic mass is 79.9. The summed E-state index contributed by atoms with van der Waals surface area (Å²) in [6.07, 6.45) is 1.57. The van der Waals surface area contributed by atoms with Crippen LogP contribution in [-0.4, -0.2) is 17.7 Å². The molecule has 2 heterocycles. The fourth-order valence-electron chi connectivity index (χ4n) is 2.62. The molecule has 0 aliphatic carbocycles. The highest BCUT2D eigenvalue weighted by molar-refractivity contribution is 9.10. The maximum Gasteiger partial charge on any atom is 0.259 e. The number of ether oxygens (including phenoxy) is 2. The summed E-state index contributed by atoms with van der Waals surface area (Å²) in [7, 11) is 0. The lowest BCUT2D eigenvalue weighted by Crippen LogP contribution is -2.14. The van der Waals surface area contributed by atoms with Gasteiger partial charge in [-0.3, -0.25) is 4.79 Å². The first kappa shape index (κ1) is 20.7. The molecule has 4 rings (SSSR count). The van der Waals surface area contributed by atoms with Crippen molar-refractivity contribution in [3.05, 3.63) is 70.3 Å². The number of fused-ring (bicyclic) bond motifs is 1. The van der Waals surface area contributed by atoms with Crippen molar-refractivity contribution in [3.8, 4) is 22.6 Å². The molecular weight excluding hydrogens is 446 g/mol. The van der Waals surface area contributed by atoms with Crippen LogP contribution in [0.3, 0.4) is 0 Å². The van der Waals surface area contributed by atoms with Crippen molar-refractivity contribution >= 4 is 27.7 Å². The number of rotatable bonds is 3. The van der Waals surface area contributed by atoms with Crippen molar-refractivity contribution in [1.29, 1.82) is 0 Å². The number of hydrogen-bond donors (Lipinski definition) is 1. The van der Waals surface area contributed by atoms with Gasteiger partial charge >= 0.3 is 0 Å². The number of aromatic nitrogens is 1. The van der Waals surface area contributed by atoms with E-state index in [1.807, 2.05) is 26.0 Å². The summed E-state index contributed by atoms with van der Waals surface area (Å²) < 4.78 is 38.2. The number of pyridine rings is 1. The van der Waals surface area contributed by atoms with Crippen molar-refractivity contribution < 1.29 is 23.0 Å². The highest BCUT2D eigenvalue weighted by Gasteiger charge is 2.18. The summed E-state index contributed by atoms with van der Waals surface area (Å²) in [4.78, 5) is 16.3. The molecule has 0 radical (unpaired) electrons. The van der Waals surface area contributed by atoms with E-state index in [1.54, 1.807) is 18.3 Å². The van der Waals surface area contributed by atoms with Gasteiger partial charge in [-0.05, 0) is 36.4 Å². The molecule has 1 amide bonds. The van der Waals surface area contributed by atoms with Crippen LogP contribution in [0, 0.1) is 11.6 Å². The minimum absolute atomic E-state index is 0.175. The van der Waals surface area contributed by atoms with Crippen LogP contribution in [0.25, 0.3) is 11.1 Å². The molecule has 1 aromatic heterocycles.